The molecule has 0 amide bonds. The summed E-state index contributed by atoms with van der Waals surface area (Å²) in [5, 5.41) is 2.45. The second-order valence-corrected chi connectivity index (χ2v) is 6.22. The first-order valence-corrected chi connectivity index (χ1v) is 7.61. The maximum atomic E-state index is 6.07. The van der Waals surface area contributed by atoms with E-state index in [-0.39, 0.29) is 0 Å². The minimum absolute atomic E-state index is 0.327. The minimum atomic E-state index is 0.327. The van der Waals surface area contributed by atoms with E-state index in [9.17, 15) is 0 Å². The van der Waals surface area contributed by atoms with Crippen molar-refractivity contribution in [2.24, 2.45) is 5.73 Å². The van der Waals surface area contributed by atoms with E-state index in [4.69, 9.17) is 10.5 Å². The van der Waals surface area contributed by atoms with Crippen molar-refractivity contribution in [2.45, 2.75) is 37.8 Å². The zero-order valence-corrected chi connectivity index (χ0v) is 12.4. The van der Waals surface area contributed by atoms with Gasteiger partial charge in [0.25, 0.3) is 0 Å². The Balaban J connectivity index is 1.76. The van der Waals surface area contributed by atoms with Gasteiger partial charge in [-0.2, -0.15) is 0 Å². The minimum Gasteiger partial charge on any atom is -0.490 e. The molecule has 0 heterocycles. The third-order valence-electron chi connectivity index (χ3n) is 3.80. The normalized spacial score (nSPS) is 23.5. The van der Waals surface area contributed by atoms with E-state index >= 15 is 0 Å². The molecule has 2 aromatic rings. The van der Waals surface area contributed by atoms with E-state index in [1.54, 1.807) is 0 Å². The lowest BCUT2D eigenvalue weighted by atomic mass is 9.94. The molecule has 0 saturated heterocycles. The fourth-order valence-corrected chi connectivity index (χ4v) is 3.05. The molecule has 1 aliphatic carbocycles. The third kappa shape index (κ3) is 3.10. The summed E-state index contributed by atoms with van der Waals surface area (Å²) in [5.74, 6) is 0.968. The number of fused-ring (bicyclic) bond motifs is 1. The predicted octanol–water partition coefficient (Wildman–Crippen LogP) is 4.25. The van der Waals surface area contributed by atoms with Gasteiger partial charge in [0.15, 0.2) is 0 Å². The van der Waals surface area contributed by atoms with Crippen molar-refractivity contribution < 1.29 is 4.74 Å². The van der Waals surface area contributed by atoms with Crippen LogP contribution >= 0.6 is 15.9 Å². The van der Waals surface area contributed by atoms with E-state index in [1.165, 1.54) is 10.8 Å². The van der Waals surface area contributed by atoms with Crippen LogP contribution < -0.4 is 10.5 Å². The fourth-order valence-electron chi connectivity index (χ4n) is 2.67. The average molecular weight is 320 g/mol. The number of benzene rings is 2. The maximum Gasteiger partial charge on any atom is 0.120 e. The lowest BCUT2D eigenvalue weighted by molar-refractivity contribution is 0.147. The van der Waals surface area contributed by atoms with Gasteiger partial charge < -0.3 is 10.5 Å². The Morgan fingerprint density at radius 1 is 0.947 bits per heavy atom. The van der Waals surface area contributed by atoms with Crippen molar-refractivity contribution in [1.82, 2.24) is 0 Å². The van der Waals surface area contributed by atoms with Gasteiger partial charge in [-0.25, -0.2) is 0 Å². The molecule has 2 nitrogen and oxygen atoms in total. The Kier molecular flexibility index (Phi) is 3.76. The molecule has 100 valence electrons. The van der Waals surface area contributed by atoms with Crippen molar-refractivity contribution in [3.8, 4) is 5.75 Å². The Hall–Kier alpha value is -1.06. The van der Waals surface area contributed by atoms with Gasteiger partial charge in [-0.15, -0.1) is 0 Å². The highest BCUT2D eigenvalue weighted by Crippen LogP contribution is 2.27. The topological polar surface area (TPSA) is 35.2 Å². The zero-order valence-electron chi connectivity index (χ0n) is 10.8. The molecule has 19 heavy (non-hydrogen) atoms. The largest absolute Gasteiger partial charge is 0.490 e. The summed E-state index contributed by atoms with van der Waals surface area (Å²) < 4.78 is 7.18. The lowest BCUT2D eigenvalue weighted by Gasteiger charge is -2.26. The summed E-state index contributed by atoms with van der Waals surface area (Å²) in [6.45, 7) is 0. The molecule has 0 aromatic heterocycles. The summed E-state index contributed by atoms with van der Waals surface area (Å²) in [6, 6.07) is 13.0. The second kappa shape index (κ2) is 5.51. The Morgan fingerprint density at radius 2 is 1.63 bits per heavy atom. The van der Waals surface area contributed by atoms with Crippen molar-refractivity contribution in [2.75, 3.05) is 0 Å². The molecule has 0 aliphatic heterocycles. The Labute approximate surface area is 122 Å². The van der Waals surface area contributed by atoms with Crippen molar-refractivity contribution in [3.05, 3.63) is 40.9 Å². The zero-order chi connectivity index (χ0) is 13.2. The van der Waals surface area contributed by atoms with E-state index in [1.807, 2.05) is 0 Å². The highest BCUT2D eigenvalue weighted by Gasteiger charge is 2.19. The van der Waals surface area contributed by atoms with Crippen LogP contribution in [-0.4, -0.2) is 12.1 Å². The molecule has 2 N–H and O–H groups in total. The molecule has 0 bridgehead atoms. The molecule has 0 atom stereocenters. The first kappa shape index (κ1) is 12.9. The number of nitrogens with two attached hydrogens (primary N) is 1. The monoisotopic (exact) mass is 319 g/mol. The van der Waals surface area contributed by atoms with Crippen LogP contribution in [0.25, 0.3) is 10.8 Å². The summed E-state index contributed by atoms with van der Waals surface area (Å²) >= 11 is 3.49. The number of rotatable bonds is 2. The summed E-state index contributed by atoms with van der Waals surface area (Å²) in [4.78, 5) is 0. The lowest BCUT2D eigenvalue weighted by Crippen LogP contribution is -2.31. The van der Waals surface area contributed by atoms with Crippen LogP contribution in [-0.2, 0) is 0 Å². The quantitative estimate of drug-likeness (QED) is 0.898. The summed E-state index contributed by atoms with van der Waals surface area (Å²) in [6.07, 6.45) is 4.61. The van der Waals surface area contributed by atoms with Gasteiger partial charge in [-0.05, 0) is 60.7 Å². The van der Waals surface area contributed by atoms with E-state index in [2.05, 4.69) is 52.3 Å². The number of hydrogen-bond donors (Lipinski definition) is 1. The first-order chi connectivity index (χ1) is 9.20. The highest BCUT2D eigenvalue weighted by molar-refractivity contribution is 9.10. The van der Waals surface area contributed by atoms with Crippen LogP contribution in [0.3, 0.4) is 0 Å². The van der Waals surface area contributed by atoms with Crippen molar-refractivity contribution in [1.29, 1.82) is 0 Å². The average Bonchev–Trinajstić information content (AvgIpc) is 2.42. The van der Waals surface area contributed by atoms with Gasteiger partial charge >= 0.3 is 0 Å². The molecule has 1 saturated carbocycles. The molecule has 3 rings (SSSR count). The predicted molar refractivity (Wildman–Crippen MR) is 82.5 cm³/mol. The molecule has 0 unspecified atom stereocenters. The molecule has 1 aliphatic rings. The van der Waals surface area contributed by atoms with E-state index in [0.717, 1.165) is 35.9 Å². The molecule has 1 fully saturated rings. The molecular weight excluding hydrogens is 302 g/mol. The fraction of sp³-hybridized carbons (Fsp3) is 0.375. The van der Waals surface area contributed by atoms with Crippen LogP contribution in [0.5, 0.6) is 5.75 Å². The molecular formula is C16H18BrNO. The third-order valence-corrected chi connectivity index (χ3v) is 4.29. The Morgan fingerprint density at radius 3 is 2.42 bits per heavy atom. The molecule has 0 spiro atoms. The number of halogens is 1. The van der Waals surface area contributed by atoms with Crippen molar-refractivity contribution >= 4 is 26.7 Å². The Bertz CT molecular complexity index is 576. The molecule has 2 aromatic carbocycles. The summed E-state index contributed by atoms with van der Waals surface area (Å²) in [7, 11) is 0. The standard InChI is InChI=1S/C16H18BrNO/c17-13-3-1-12-10-16(6-2-11(12)9-13)19-15-7-4-14(18)5-8-15/h1-3,6,9-10,14-15H,4-5,7-8,18H2. The van der Waals surface area contributed by atoms with Gasteiger partial charge in [0, 0.05) is 10.5 Å². The van der Waals surface area contributed by atoms with Gasteiger partial charge in [0.1, 0.15) is 5.75 Å². The number of hydrogen-bond acceptors (Lipinski definition) is 2. The second-order valence-electron chi connectivity index (χ2n) is 5.31. The van der Waals surface area contributed by atoms with Crippen LogP contribution in [0.4, 0.5) is 0 Å². The summed E-state index contributed by atoms with van der Waals surface area (Å²) in [5.41, 5.74) is 5.92. The van der Waals surface area contributed by atoms with Crippen LogP contribution in [0.15, 0.2) is 40.9 Å². The van der Waals surface area contributed by atoms with E-state index < -0.39 is 0 Å². The smallest absolute Gasteiger partial charge is 0.120 e. The SMILES string of the molecule is NC1CCC(Oc2ccc3cc(Br)ccc3c2)CC1. The van der Waals surface area contributed by atoms with Crippen molar-refractivity contribution in [3.63, 3.8) is 0 Å². The molecule has 3 heteroatoms. The van der Waals surface area contributed by atoms with Gasteiger partial charge in [0.05, 0.1) is 6.10 Å². The number of ether oxygens (including phenoxy) is 1. The van der Waals surface area contributed by atoms with Gasteiger partial charge in [0.2, 0.25) is 0 Å². The first-order valence-electron chi connectivity index (χ1n) is 6.82. The maximum absolute atomic E-state index is 6.07. The van der Waals surface area contributed by atoms with E-state index in [0.29, 0.717) is 12.1 Å². The van der Waals surface area contributed by atoms with Crippen LogP contribution in [0.1, 0.15) is 25.7 Å². The highest BCUT2D eigenvalue weighted by atomic mass is 79.9. The molecule has 0 radical (unpaired) electrons. The van der Waals surface area contributed by atoms with Gasteiger partial charge in [-0.1, -0.05) is 28.1 Å². The van der Waals surface area contributed by atoms with Gasteiger partial charge in [-0.3, -0.25) is 0 Å². The van der Waals surface area contributed by atoms with Crippen LogP contribution in [0, 0.1) is 0 Å². The van der Waals surface area contributed by atoms with Crippen LogP contribution in [0.2, 0.25) is 0 Å².